The second kappa shape index (κ2) is 47.4. The van der Waals surface area contributed by atoms with Crippen LogP contribution in [0.3, 0.4) is 0 Å². The molecule has 0 bridgehead atoms. The molecule has 0 aromatic heterocycles. The van der Waals surface area contributed by atoms with Gasteiger partial charge < -0.3 is 39.0 Å². The number of rotatable bonds is 47. The van der Waals surface area contributed by atoms with E-state index in [1.807, 2.05) is 0 Å². The van der Waals surface area contributed by atoms with Crippen LogP contribution in [0.1, 0.15) is 239 Å². The van der Waals surface area contributed by atoms with Gasteiger partial charge in [-0.3, -0.25) is 14.4 Å². The molecule has 1 rings (SSSR count). The van der Waals surface area contributed by atoms with Gasteiger partial charge in [-0.2, -0.15) is 0 Å². The molecule has 0 amide bonds. The van der Waals surface area contributed by atoms with Crippen molar-refractivity contribution in [2.24, 2.45) is 0 Å². The van der Waals surface area contributed by atoms with E-state index in [9.17, 15) is 34.5 Å². The summed E-state index contributed by atoms with van der Waals surface area (Å²) in [5.74, 6) is -3.16. The number of hydrogen-bond donors (Lipinski definition) is 3. The fourth-order valence-corrected chi connectivity index (χ4v) is 8.14. The maximum absolute atomic E-state index is 13.1. The molecule has 12 nitrogen and oxygen atoms in total. The molecule has 71 heavy (non-hydrogen) atoms. The third-order valence-corrected chi connectivity index (χ3v) is 12.5. The van der Waals surface area contributed by atoms with Crippen molar-refractivity contribution in [1.82, 2.24) is 0 Å². The van der Waals surface area contributed by atoms with Crippen molar-refractivity contribution >= 4 is 23.9 Å². The Kier molecular flexibility index (Phi) is 43.7. The van der Waals surface area contributed by atoms with Crippen molar-refractivity contribution < 1.29 is 58.2 Å². The zero-order valence-corrected chi connectivity index (χ0v) is 44.7. The molecule has 0 aromatic rings. The Morgan fingerprint density at radius 3 is 1.34 bits per heavy atom. The molecule has 6 atom stereocenters. The van der Waals surface area contributed by atoms with E-state index in [0.29, 0.717) is 19.3 Å². The summed E-state index contributed by atoms with van der Waals surface area (Å²) in [6, 6.07) is 0. The summed E-state index contributed by atoms with van der Waals surface area (Å²) in [5.41, 5.74) is 0. The Morgan fingerprint density at radius 2 is 0.873 bits per heavy atom. The quantitative estimate of drug-likeness (QED) is 0.0228. The number of aliphatic hydroxyl groups excluding tert-OH is 2. The van der Waals surface area contributed by atoms with Crippen molar-refractivity contribution in [2.75, 3.05) is 13.2 Å². The average molecular weight is 1000 g/mol. The Balaban J connectivity index is 2.73. The summed E-state index contributed by atoms with van der Waals surface area (Å²) in [4.78, 5) is 51.0. The first-order chi connectivity index (χ1) is 34.6. The number of carboxylic acids is 1. The summed E-state index contributed by atoms with van der Waals surface area (Å²) in [6.07, 6.45) is 44.8. The molecule has 0 aliphatic carbocycles. The first-order valence-corrected chi connectivity index (χ1v) is 28.3. The number of carbonyl (C=O) groups excluding carboxylic acids is 3. The molecule has 0 radical (unpaired) electrons. The van der Waals surface area contributed by atoms with E-state index >= 15 is 0 Å². The fourth-order valence-electron chi connectivity index (χ4n) is 8.14. The largest absolute Gasteiger partial charge is 0.479 e. The highest BCUT2D eigenvalue weighted by Crippen LogP contribution is 2.26. The molecule has 6 unspecified atom stereocenters. The lowest BCUT2D eigenvalue weighted by atomic mass is 9.98. The van der Waals surface area contributed by atoms with E-state index in [0.717, 1.165) is 141 Å². The number of carboxylic acid groups (broad SMARTS) is 1. The second-order valence-electron chi connectivity index (χ2n) is 19.2. The number of unbranched alkanes of at least 4 members (excludes halogenated alkanes) is 23. The first kappa shape index (κ1) is 65.4. The number of allylic oxidation sites excluding steroid dienone is 10. The van der Waals surface area contributed by atoms with Crippen LogP contribution in [0.15, 0.2) is 60.8 Å². The normalized spacial score (nSPS) is 18.9. The molecule has 0 saturated carbocycles. The van der Waals surface area contributed by atoms with Gasteiger partial charge in [0, 0.05) is 19.3 Å². The predicted octanol–water partition coefficient (Wildman–Crippen LogP) is 14.0. The molecular weight excluding hydrogens is 901 g/mol. The van der Waals surface area contributed by atoms with Gasteiger partial charge in [-0.15, -0.1) is 0 Å². The molecule has 408 valence electrons. The van der Waals surface area contributed by atoms with E-state index in [1.54, 1.807) is 0 Å². The molecule has 0 aromatic carbocycles. The van der Waals surface area contributed by atoms with Crippen LogP contribution >= 0.6 is 0 Å². The van der Waals surface area contributed by atoms with Crippen molar-refractivity contribution in [1.29, 1.82) is 0 Å². The van der Waals surface area contributed by atoms with Crippen LogP contribution in [0.4, 0.5) is 0 Å². The van der Waals surface area contributed by atoms with Gasteiger partial charge >= 0.3 is 23.9 Å². The highest BCUT2D eigenvalue weighted by molar-refractivity contribution is 5.74. The molecule has 1 fully saturated rings. The van der Waals surface area contributed by atoms with Crippen LogP contribution < -0.4 is 0 Å². The van der Waals surface area contributed by atoms with Gasteiger partial charge in [-0.1, -0.05) is 184 Å². The van der Waals surface area contributed by atoms with Gasteiger partial charge in [-0.25, -0.2) is 4.79 Å². The van der Waals surface area contributed by atoms with Gasteiger partial charge in [0.1, 0.15) is 18.8 Å². The van der Waals surface area contributed by atoms with Gasteiger partial charge in [0.2, 0.25) is 0 Å². The molecule has 1 saturated heterocycles. The molecular formula is C59H100O12. The van der Waals surface area contributed by atoms with E-state index in [-0.39, 0.29) is 25.9 Å². The smallest absolute Gasteiger partial charge is 0.335 e. The zero-order chi connectivity index (χ0) is 51.8. The maximum Gasteiger partial charge on any atom is 0.335 e. The number of ether oxygens (including phenoxy) is 5. The zero-order valence-electron chi connectivity index (χ0n) is 44.7. The molecule has 0 spiro atoms. The monoisotopic (exact) mass is 1000 g/mol. The SMILES string of the molecule is CCC/C=C\C/C=C\CCCCCCCC(=O)OC(COC(=O)CCCCCCC/C=C\CCCCCCCC)COC1OC(C(=O)O)C(O)C(O)C1OC(=O)CCCCCCC/C=C\C/C=C\CCC. The molecule has 3 N–H and O–H groups in total. The van der Waals surface area contributed by atoms with E-state index < -0.39 is 67.3 Å². The summed E-state index contributed by atoms with van der Waals surface area (Å²) < 4.78 is 28.3. The first-order valence-electron chi connectivity index (χ1n) is 28.3. The third kappa shape index (κ3) is 37.8. The predicted molar refractivity (Wildman–Crippen MR) is 285 cm³/mol. The Morgan fingerprint density at radius 1 is 0.465 bits per heavy atom. The summed E-state index contributed by atoms with van der Waals surface area (Å²) in [6.45, 7) is 5.82. The average Bonchev–Trinajstić information content (AvgIpc) is 3.35. The van der Waals surface area contributed by atoms with Gasteiger partial charge in [0.25, 0.3) is 0 Å². The van der Waals surface area contributed by atoms with Crippen LogP contribution in [0, 0.1) is 0 Å². The minimum absolute atomic E-state index is 0.0410. The summed E-state index contributed by atoms with van der Waals surface area (Å²) >= 11 is 0. The van der Waals surface area contributed by atoms with Crippen molar-refractivity contribution in [2.45, 2.75) is 276 Å². The summed E-state index contributed by atoms with van der Waals surface area (Å²) in [7, 11) is 0. The number of hydrogen-bond acceptors (Lipinski definition) is 11. The summed E-state index contributed by atoms with van der Waals surface area (Å²) in [5, 5.41) is 31.4. The lowest BCUT2D eigenvalue weighted by molar-refractivity contribution is -0.301. The topological polar surface area (TPSA) is 175 Å². The van der Waals surface area contributed by atoms with Crippen molar-refractivity contribution in [3.8, 4) is 0 Å². The molecule has 1 aliphatic rings. The molecule has 12 heteroatoms. The van der Waals surface area contributed by atoms with Crippen LogP contribution in [0.2, 0.25) is 0 Å². The van der Waals surface area contributed by atoms with Gasteiger partial charge in [0.15, 0.2) is 24.6 Å². The maximum atomic E-state index is 13.1. The van der Waals surface area contributed by atoms with Crippen LogP contribution in [0.25, 0.3) is 0 Å². The Bertz CT molecular complexity index is 1470. The number of aliphatic hydroxyl groups is 2. The van der Waals surface area contributed by atoms with Crippen molar-refractivity contribution in [3.63, 3.8) is 0 Å². The lowest BCUT2D eigenvalue weighted by Gasteiger charge is -2.40. The highest BCUT2D eigenvalue weighted by atomic mass is 16.7. The minimum atomic E-state index is -1.91. The minimum Gasteiger partial charge on any atom is -0.479 e. The molecule has 1 heterocycles. The number of carbonyl (C=O) groups is 4. The molecule has 1 aliphatic heterocycles. The third-order valence-electron chi connectivity index (χ3n) is 12.5. The van der Waals surface area contributed by atoms with Crippen LogP contribution in [-0.2, 0) is 42.9 Å². The Labute approximate surface area is 430 Å². The lowest BCUT2D eigenvalue weighted by Crippen LogP contribution is -2.61. The van der Waals surface area contributed by atoms with Crippen LogP contribution in [0.5, 0.6) is 0 Å². The fraction of sp³-hybridized carbons (Fsp3) is 0.763. The number of esters is 3. The van der Waals surface area contributed by atoms with E-state index in [1.165, 1.54) is 38.5 Å². The second-order valence-corrected chi connectivity index (χ2v) is 19.2. The van der Waals surface area contributed by atoms with Gasteiger partial charge in [0.05, 0.1) is 6.61 Å². The van der Waals surface area contributed by atoms with Gasteiger partial charge in [-0.05, 0) is 96.3 Å². The van der Waals surface area contributed by atoms with Crippen LogP contribution in [-0.4, -0.2) is 89.2 Å². The van der Waals surface area contributed by atoms with E-state index in [2.05, 4.69) is 81.5 Å². The number of aliphatic carboxylic acids is 1. The standard InChI is InChI=1S/C59H100O12/c1-4-7-10-13-16-19-22-25-26-29-30-33-36-39-42-45-51(60)67-48-50(69-52(61)46-43-40-37-34-31-27-23-20-17-14-11-8-5-2)49-68-59-57(55(64)54(63)56(71-59)58(65)66)70-53(62)47-44-41-38-35-32-28-24-21-18-15-12-9-6-3/h11-12,14-15,20-21,23-26,50,54-57,59,63-64H,4-10,13,16-19,22,27-49H2,1-3H3,(H,65,66)/b14-11-,15-12-,23-20-,24-21-,26-25-. The van der Waals surface area contributed by atoms with Crippen molar-refractivity contribution in [3.05, 3.63) is 60.8 Å². The highest BCUT2D eigenvalue weighted by Gasteiger charge is 2.50. The Hall–Kier alpha value is -3.58. The van der Waals surface area contributed by atoms with E-state index in [4.69, 9.17) is 23.7 Å².